The first-order valence-electron chi connectivity index (χ1n) is 23.5. The molecule has 3 aromatic carbocycles. The number of nitrogens with one attached hydrogen (secondary N) is 4. The van der Waals surface area contributed by atoms with E-state index in [1.807, 2.05) is 91.8 Å². The van der Waals surface area contributed by atoms with Crippen LogP contribution in [0.5, 0.6) is 11.5 Å². The Kier molecular flexibility index (Phi) is 11.8. The van der Waals surface area contributed by atoms with Crippen LogP contribution in [0.3, 0.4) is 0 Å². The van der Waals surface area contributed by atoms with Crippen molar-refractivity contribution < 1.29 is 42.5 Å². The summed E-state index contributed by atoms with van der Waals surface area (Å²) in [7, 11) is 4.15. The van der Waals surface area contributed by atoms with Gasteiger partial charge in [0.05, 0.1) is 74.0 Å². The van der Waals surface area contributed by atoms with Crippen LogP contribution >= 0.6 is 0 Å². The largest absolute Gasteiger partial charge is 0.497 e. The summed E-state index contributed by atoms with van der Waals surface area (Å²) in [5.41, 5.74) is 5.20. The van der Waals surface area contributed by atoms with E-state index in [0.29, 0.717) is 64.5 Å². The number of nitrogens with zero attached hydrogens (tertiary/aromatic N) is 5. The van der Waals surface area contributed by atoms with Crippen molar-refractivity contribution >= 4 is 34.9 Å². The highest BCUT2D eigenvalue weighted by atomic mass is 19.1. The molecule has 3 fully saturated rings. The summed E-state index contributed by atoms with van der Waals surface area (Å²) < 4.78 is 41.0. The Labute approximate surface area is 398 Å². The second-order valence-corrected chi connectivity index (χ2v) is 19.1. The number of hydrogen-bond donors (Lipinski definition) is 4. The number of amides is 4. The van der Waals surface area contributed by atoms with Crippen molar-refractivity contribution in [1.82, 2.24) is 44.9 Å². The van der Waals surface area contributed by atoms with E-state index in [4.69, 9.17) is 28.9 Å². The summed E-state index contributed by atoms with van der Waals surface area (Å²) >= 11 is 0. The van der Waals surface area contributed by atoms with Crippen molar-refractivity contribution in [2.75, 3.05) is 27.9 Å². The van der Waals surface area contributed by atoms with Gasteiger partial charge in [0.15, 0.2) is 0 Å². The van der Waals surface area contributed by atoms with Crippen LogP contribution in [0.25, 0.3) is 44.7 Å². The summed E-state index contributed by atoms with van der Waals surface area (Å²) in [6.07, 6.45) is 4.50. The van der Waals surface area contributed by atoms with Gasteiger partial charge < -0.3 is 53.9 Å². The first kappa shape index (κ1) is 45.4. The summed E-state index contributed by atoms with van der Waals surface area (Å²) in [6, 6.07) is 16.8. The molecular weight excluding hydrogens is 886 g/mol. The number of imidazole rings is 2. The molecule has 3 aliphatic heterocycles. The number of halogens is 1. The predicted molar refractivity (Wildman–Crippen MR) is 252 cm³/mol. The molecule has 360 valence electrons. The number of ether oxygens (including phenoxy) is 4. The molecule has 1 unspecified atom stereocenters. The standard InChI is InChI=1S/C51H56FN9O8/c1-25(2)43(57-50(64)67-6)47(62)59-15-9-12-37(59)45-53-24-35(56-45)29-18-33(52)42-39-20-30-16-27(13-14-36(30)61(39)49(69-41(42)22-29)28-10-8-11-32(17-28)66-5)34-23-54-46(55-34)40-21-31-19-38(31)60(40)48(63)44(26(3)4)58-51(65)68-7/h8,10-11,13-14,16-18,20,22-26,31,37-38,40,43-44,49H,9,12,15,19,21H2,1-7H3,(H,53,56)(H,54,55)(H,57,64)(H,58,65)/t31-,37+,38-,40+,43+,44+,49?/m1/s1. The van der Waals surface area contributed by atoms with Crippen LogP contribution in [0, 0.1) is 23.6 Å². The minimum Gasteiger partial charge on any atom is -0.497 e. The minimum atomic E-state index is -0.780. The van der Waals surface area contributed by atoms with E-state index in [-0.39, 0.29) is 41.8 Å². The molecule has 69 heavy (non-hydrogen) atoms. The predicted octanol–water partition coefficient (Wildman–Crippen LogP) is 8.26. The van der Waals surface area contributed by atoms with Crippen LogP contribution in [-0.4, -0.2) is 104 Å². The fourth-order valence-corrected chi connectivity index (χ4v) is 10.5. The van der Waals surface area contributed by atoms with Crippen molar-refractivity contribution in [2.45, 2.75) is 89.8 Å². The zero-order valence-corrected chi connectivity index (χ0v) is 39.5. The molecule has 1 saturated carbocycles. The fraction of sp³-hybridized carbons (Fsp3) is 0.412. The van der Waals surface area contributed by atoms with Crippen molar-refractivity contribution in [2.24, 2.45) is 17.8 Å². The lowest BCUT2D eigenvalue weighted by Crippen LogP contribution is -2.52. The third-order valence-electron chi connectivity index (χ3n) is 14.1. The Bertz CT molecular complexity index is 2980. The fourth-order valence-electron chi connectivity index (χ4n) is 10.5. The number of hydrogen-bond acceptors (Lipinski definition) is 10. The lowest BCUT2D eigenvalue weighted by molar-refractivity contribution is -0.137. The summed E-state index contributed by atoms with van der Waals surface area (Å²) in [5.74, 6) is 1.38. The van der Waals surface area contributed by atoms with Gasteiger partial charge in [-0.3, -0.25) is 9.59 Å². The third-order valence-corrected chi connectivity index (χ3v) is 14.1. The van der Waals surface area contributed by atoms with Gasteiger partial charge in [-0.1, -0.05) is 45.9 Å². The molecule has 4 aliphatic rings. The Hall–Kier alpha value is -7.37. The first-order chi connectivity index (χ1) is 33.3. The smallest absolute Gasteiger partial charge is 0.407 e. The highest BCUT2D eigenvalue weighted by molar-refractivity contribution is 5.93. The number of piperidine rings is 1. The number of benzene rings is 3. The second kappa shape index (κ2) is 17.9. The molecule has 17 nitrogen and oxygen atoms in total. The molecule has 10 rings (SSSR count). The Morgan fingerprint density at radius 3 is 2.16 bits per heavy atom. The molecule has 1 aliphatic carbocycles. The molecule has 2 saturated heterocycles. The quantitative estimate of drug-likeness (QED) is 0.0927. The SMILES string of the molecule is COC(=O)N[C@H](C(=O)N1CCC[C@H]1c1ncc(-c2cc(F)c3c(c2)OC(c2cccc(OC)c2)n2c-3cc3cc(-c4cnc([C@@H]5C[C@H]6C[C@H]6N5C(=O)[C@@H](NC(=O)OC)C(C)C)[nH]4)ccc32)[nH]1)C(C)C. The number of alkyl carbamates (subject to hydrolysis) is 2. The average Bonchev–Trinajstić information content (AvgIpc) is 4.01. The Balaban J connectivity index is 0.971. The van der Waals surface area contributed by atoms with E-state index >= 15 is 4.39 Å². The van der Waals surface area contributed by atoms with Gasteiger partial charge in [-0.25, -0.2) is 23.9 Å². The van der Waals surface area contributed by atoms with E-state index in [2.05, 4.69) is 20.6 Å². The summed E-state index contributed by atoms with van der Waals surface area (Å²) in [4.78, 5) is 72.2. The molecule has 7 atom stereocenters. The normalized spacial score (nSPS) is 21.0. The molecule has 4 N–H and O–H groups in total. The van der Waals surface area contributed by atoms with Crippen molar-refractivity contribution in [3.63, 3.8) is 0 Å². The van der Waals surface area contributed by atoms with Crippen LogP contribution in [0.1, 0.15) is 88.9 Å². The number of carbonyl (C=O) groups is 4. The molecule has 6 aromatic rings. The van der Waals surface area contributed by atoms with Crippen LogP contribution in [0.2, 0.25) is 0 Å². The zero-order valence-electron chi connectivity index (χ0n) is 39.5. The monoisotopic (exact) mass is 941 g/mol. The van der Waals surface area contributed by atoms with Crippen molar-refractivity contribution in [3.8, 4) is 45.3 Å². The van der Waals surface area contributed by atoms with E-state index in [0.717, 1.165) is 47.0 Å². The number of aromatic amines is 2. The van der Waals surface area contributed by atoms with Gasteiger partial charge >= 0.3 is 12.2 Å². The van der Waals surface area contributed by atoms with Crippen LogP contribution in [0.15, 0.2) is 73.1 Å². The van der Waals surface area contributed by atoms with Gasteiger partial charge in [0, 0.05) is 34.7 Å². The number of methoxy groups -OCH3 is 3. The number of carbonyl (C=O) groups excluding carboxylic acids is 4. The summed E-state index contributed by atoms with van der Waals surface area (Å²) in [6.45, 7) is 8.03. The highest BCUT2D eigenvalue weighted by Gasteiger charge is 2.56. The second-order valence-electron chi connectivity index (χ2n) is 19.1. The first-order valence-corrected chi connectivity index (χ1v) is 23.5. The summed E-state index contributed by atoms with van der Waals surface area (Å²) in [5, 5.41) is 6.26. The van der Waals surface area contributed by atoms with E-state index in [9.17, 15) is 19.2 Å². The molecule has 0 spiro atoms. The van der Waals surface area contributed by atoms with Gasteiger partial charge in [0.2, 0.25) is 18.0 Å². The van der Waals surface area contributed by atoms with Crippen molar-refractivity contribution in [1.29, 1.82) is 0 Å². The van der Waals surface area contributed by atoms with Crippen LogP contribution < -0.4 is 20.1 Å². The van der Waals surface area contributed by atoms with E-state index in [1.54, 1.807) is 24.4 Å². The number of likely N-dealkylation sites (tertiary alicyclic amines) is 2. The molecule has 3 aromatic heterocycles. The number of aromatic nitrogens is 5. The Morgan fingerprint density at radius 1 is 0.797 bits per heavy atom. The maximum absolute atomic E-state index is 16.9. The van der Waals surface area contributed by atoms with E-state index < -0.39 is 36.3 Å². The highest BCUT2D eigenvalue weighted by Crippen LogP contribution is 2.54. The topological polar surface area (TPSA) is 198 Å². The van der Waals surface area contributed by atoms with Crippen molar-refractivity contribution in [3.05, 3.63) is 96.1 Å². The van der Waals surface area contributed by atoms with Gasteiger partial charge in [0.25, 0.3) is 0 Å². The lowest BCUT2D eigenvalue weighted by Gasteiger charge is -2.31. The molecular formula is C51H56FN9O8. The number of fused-ring (bicyclic) bond motifs is 6. The van der Waals surface area contributed by atoms with Gasteiger partial charge in [-0.15, -0.1) is 0 Å². The molecule has 18 heteroatoms. The maximum atomic E-state index is 16.9. The van der Waals surface area contributed by atoms with Crippen LogP contribution in [0.4, 0.5) is 14.0 Å². The molecule has 0 bridgehead atoms. The minimum absolute atomic E-state index is 0.0961. The van der Waals surface area contributed by atoms with Gasteiger partial charge in [-0.05, 0) is 85.9 Å². The zero-order chi connectivity index (χ0) is 48.4. The van der Waals surface area contributed by atoms with Gasteiger partial charge in [-0.2, -0.15) is 0 Å². The third kappa shape index (κ3) is 8.18. The van der Waals surface area contributed by atoms with Gasteiger partial charge in [0.1, 0.15) is 41.0 Å². The van der Waals surface area contributed by atoms with E-state index in [1.165, 1.54) is 20.3 Å². The lowest BCUT2D eigenvalue weighted by atomic mass is 10.0. The number of rotatable bonds is 12. The molecule has 4 amide bonds. The number of H-pyrrole nitrogens is 2. The molecule has 6 heterocycles. The Morgan fingerprint density at radius 2 is 1.48 bits per heavy atom. The van der Waals surface area contributed by atoms with Crippen LogP contribution in [-0.2, 0) is 19.1 Å². The molecule has 0 radical (unpaired) electrons. The maximum Gasteiger partial charge on any atom is 0.407 e. The average molecular weight is 942 g/mol.